The first-order valence-electron chi connectivity index (χ1n) is 5.73. The van der Waals surface area contributed by atoms with Crippen LogP contribution in [0, 0.1) is 0 Å². The van der Waals surface area contributed by atoms with Crippen molar-refractivity contribution in [3.05, 3.63) is 22.1 Å². The Hall–Kier alpha value is -1.16. The molecule has 0 aromatic carbocycles. The van der Waals surface area contributed by atoms with Gasteiger partial charge in [-0.2, -0.15) is 18.3 Å². The molecule has 0 aliphatic heterocycles. The summed E-state index contributed by atoms with van der Waals surface area (Å²) in [5.74, 6) is 0. The first kappa shape index (κ1) is 13.8. The van der Waals surface area contributed by atoms with E-state index >= 15 is 0 Å². The maximum Gasteiger partial charge on any atom is 0.435 e. The minimum Gasteiger partial charge on any atom is -0.359 e. The Morgan fingerprint density at radius 3 is 2.70 bits per heavy atom. The van der Waals surface area contributed by atoms with Crippen LogP contribution in [-0.4, -0.2) is 26.3 Å². The van der Waals surface area contributed by atoms with Gasteiger partial charge in [-0.25, -0.2) is 14.6 Å². The molecule has 3 rings (SSSR count). The molecule has 1 aliphatic carbocycles. The zero-order chi connectivity index (χ0) is 14.4. The number of hydrogen-bond donors (Lipinski definition) is 1. The van der Waals surface area contributed by atoms with Crippen molar-refractivity contribution in [2.45, 2.75) is 24.6 Å². The van der Waals surface area contributed by atoms with Crippen molar-refractivity contribution in [2.75, 3.05) is 11.9 Å². The average molecular weight is 368 g/mol. The fraction of sp³-hybridized carbons (Fsp3) is 0.500. The van der Waals surface area contributed by atoms with Gasteiger partial charge in [-0.05, 0) is 28.8 Å². The van der Waals surface area contributed by atoms with Crippen LogP contribution in [0.25, 0.3) is 0 Å². The average Bonchev–Trinajstić information content (AvgIpc) is 2.81. The highest BCUT2D eigenvalue weighted by atomic mass is 79.9. The third-order valence-corrected chi connectivity index (χ3v) is 4.82. The van der Waals surface area contributed by atoms with Gasteiger partial charge in [0.25, 0.3) is 0 Å². The Morgan fingerprint density at radius 1 is 1.45 bits per heavy atom. The molecule has 10 heteroatoms. The molecule has 0 atom stereocenters. The normalized spacial score (nSPS) is 17.2. The smallest absolute Gasteiger partial charge is 0.359 e. The van der Waals surface area contributed by atoms with Gasteiger partial charge in [-0.1, -0.05) is 11.3 Å². The third-order valence-electron chi connectivity index (χ3n) is 3.15. The lowest BCUT2D eigenvalue weighted by atomic mass is 10.3. The van der Waals surface area contributed by atoms with E-state index < -0.39 is 11.9 Å². The minimum atomic E-state index is -4.45. The lowest BCUT2D eigenvalue weighted by Crippen LogP contribution is -2.27. The monoisotopic (exact) mass is 367 g/mol. The fourth-order valence-corrected chi connectivity index (χ4v) is 3.36. The maximum atomic E-state index is 12.6. The van der Waals surface area contributed by atoms with Crippen LogP contribution in [0.5, 0.6) is 0 Å². The Morgan fingerprint density at radius 2 is 2.20 bits per heavy atom. The molecule has 20 heavy (non-hydrogen) atoms. The van der Waals surface area contributed by atoms with E-state index in [4.69, 9.17) is 0 Å². The summed E-state index contributed by atoms with van der Waals surface area (Å²) in [6.45, 7) is 0.480. The molecule has 0 amide bonds. The van der Waals surface area contributed by atoms with E-state index in [9.17, 15) is 13.2 Å². The second-order valence-electron chi connectivity index (χ2n) is 4.56. The van der Waals surface area contributed by atoms with Crippen LogP contribution >= 0.6 is 27.3 Å². The Kier molecular flexibility index (Phi) is 3.24. The quantitative estimate of drug-likeness (QED) is 0.901. The number of alkyl halides is 3. The van der Waals surface area contributed by atoms with Crippen LogP contribution in [0.4, 0.5) is 18.3 Å². The molecule has 1 aliphatic rings. The van der Waals surface area contributed by atoms with Crippen LogP contribution in [0.15, 0.2) is 16.4 Å². The van der Waals surface area contributed by atoms with Gasteiger partial charge in [0.15, 0.2) is 10.8 Å². The molecule has 0 spiro atoms. The molecular formula is C10H9BrF3N5S. The number of nitrogens with zero attached hydrogens (tertiary/aromatic N) is 4. The Bertz CT molecular complexity index is 605. The molecule has 0 bridgehead atoms. The van der Waals surface area contributed by atoms with Crippen molar-refractivity contribution in [1.29, 1.82) is 0 Å². The summed E-state index contributed by atoms with van der Waals surface area (Å²) >= 11 is 3.83. The second-order valence-corrected chi connectivity index (χ2v) is 6.87. The van der Waals surface area contributed by atoms with E-state index in [1.54, 1.807) is 11.0 Å². The summed E-state index contributed by atoms with van der Waals surface area (Å²) in [6.07, 6.45) is 0.456. The number of halogens is 4. The Balaban J connectivity index is 1.71. The van der Waals surface area contributed by atoms with Crippen LogP contribution in [0.1, 0.15) is 18.5 Å². The van der Waals surface area contributed by atoms with Crippen molar-refractivity contribution in [3.63, 3.8) is 0 Å². The number of thiazole rings is 1. The second kappa shape index (κ2) is 4.69. The molecule has 1 saturated carbocycles. The SMILES string of the molecule is FC(F)(F)c1nc(NCC2(n3cncn3)CC2)sc1Br. The van der Waals surface area contributed by atoms with Crippen molar-refractivity contribution in [3.8, 4) is 0 Å². The van der Waals surface area contributed by atoms with Crippen molar-refractivity contribution >= 4 is 32.4 Å². The predicted octanol–water partition coefficient (Wildman–Crippen LogP) is 3.12. The molecule has 1 N–H and O–H groups in total. The van der Waals surface area contributed by atoms with Crippen LogP contribution < -0.4 is 5.32 Å². The largest absolute Gasteiger partial charge is 0.435 e. The van der Waals surface area contributed by atoms with Crippen molar-refractivity contribution in [2.24, 2.45) is 0 Å². The van der Waals surface area contributed by atoms with E-state index in [0.29, 0.717) is 6.54 Å². The van der Waals surface area contributed by atoms with Crippen LogP contribution in [-0.2, 0) is 11.7 Å². The molecule has 0 radical (unpaired) electrons. The number of anilines is 1. The minimum absolute atomic E-state index is 0.0156. The van der Waals surface area contributed by atoms with Gasteiger partial charge in [0.05, 0.1) is 5.54 Å². The van der Waals surface area contributed by atoms with Gasteiger partial charge in [0.2, 0.25) is 0 Å². The van der Waals surface area contributed by atoms with E-state index in [1.807, 2.05) is 0 Å². The zero-order valence-electron chi connectivity index (χ0n) is 9.98. The molecule has 2 heterocycles. The lowest BCUT2D eigenvalue weighted by molar-refractivity contribution is -0.141. The summed E-state index contributed by atoms with van der Waals surface area (Å²) in [5, 5.41) is 7.29. The number of rotatable bonds is 4. The summed E-state index contributed by atoms with van der Waals surface area (Å²) in [4.78, 5) is 7.47. The highest BCUT2D eigenvalue weighted by molar-refractivity contribution is 9.11. The lowest BCUT2D eigenvalue weighted by Gasteiger charge is -2.15. The molecule has 108 valence electrons. The topological polar surface area (TPSA) is 55.6 Å². The number of nitrogens with one attached hydrogen (secondary N) is 1. The standard InChI is InChI=1S/C10H9BrF3N5S/c11-7-6(10(12,13)14)18-8(20-7)16-3-9(1-2-9)19-5-15-4-17-19/h4-5H,1-3H2,(H,16,18). The molecule has 2 aromatic heterocycles. The van der Waals surface area contributed by atoms with Crippen molar-refractivity contribution in [1.82, 2.24) is 19.7 Å². The molecule has 1 fully saturated rings. The summed E-state index contributed by atoms with van der Waals surface area (Å²) in [5.41, 5.74) is -1.08. The first-order valence-corrected chi connectivity index (χ1v) is 7.34. The highest BCUT2D eigenvalue weighted by Gasteiger charge is 2.45. The van der Waals surface area contributed by atoms with Crippen LogP contribution in [0.3, 0.4) is 0 Å². The molecule has 0 unspecified atom stereocenters. The molecule has 5 nitrogen and oxygen atoms in total. The van der Waals surface area contributed by atoms with Gasteiger partial charge in [-0.3, -0.25) is 0 Å². The van der Waals surface area contributed by atoms with E-state index in [2.05, 4.69) is 36.3 Å². The Labute approximate surface area is 124 Å². The summed E-state index contributed by atoms with van der Waals surface area (Å²) in [7, 11) is 0. The number of aromatic nitrogens is 4. The number of hydrogen-bond acceptors (Lipinski definition) is 5. The molecular weight excluding hydrogens is 359 g/mol. The van der Waals surface area contributed by atoms with Gasteiger partial charge >= 0.3 is 6.18 Å². The fourth-order valence-electron chi connectivity index (χ4n) is 1.88. The molecule has 0 saturated heterocycles. The predicted molar refractivity (Wildman–Crippen MR) is 70.5 cm³/mol. The maximum absolute atomic E-state index is 12.6. The highest BCUT2D eigenvalue weighted by Crippen LogP contribution is 2.44. The van der Waals surface area contributed by atoms with Gasteiger partial charge < -0.3 is 5.32 Å². The van der Waals surface area contributed by atoms with E-state index in [1.165, 1.54) is 6.33 Å². The van der Waals surface area contributed by atoms with Gasteiger partial charge in [-0.15, -0.1) is 0 Å². The van der Waals surface area contributed by atoms with Crippen molar-refractivity contribution < 1.29 is 13.2 Å². The van der Waals surface area contributed by atoms with E-state index in [-0.39, 0.29) is 14.5 Å². The summed E-state index contributed by atoms with van der Waals surface area (Å²) < 4.78 is 39.6. The summed E-state index contributed by atoms with van der Waals surface area (Å²) in [6, 6.07) is 0. The van der Waals surface area contributed by atoms with E-state index in [0.717, 1.165) is 24.2 Å². The molecule has 2 aromatic rings. The van der Waals surface area contributed by atoms with Gasteiger partial charge in [0.1, 0.15) is 16.4 Å². The van der Waals surface area contributed by atoms with Crippen LogP contribution in [0.2, 0.25) is 0 Å². The zero-order valence-corrected chi connectivity index (χ0v) is 12.4. The first-order chi connectivity index (χ1) is 9.41. The van der Waals surface area contributed by atoms with Gasteiger partial charge in [0, 0.05) is 6.54 Å². The third kappa shape index (κ3) is 2.53.